The molecule has 0 atom stereocenters. The number of hydrogen-bond acceptors (Lipinski definition) is 4. The second-order valence-corrected chi connectivity index (χ2v) is 3.80. The highest BCUT2D eigenvalue weighted by Gasteiger charge is 2.21. The molecule has 0 fully saturated rings. The van der Waals surface area contributed by atoms with Crippen molar-refractivity contribution >= 4 is 12.0 Å². The van der Waals surface area contributed by atoms with E-state index in [0.29, 0.717) is 17.2 Å². The summed E-state index contributed by atoms with van der Waals surface area (Å²) in [6.45, 7) is 0. The fraction of sp³-hybridized carbons (Fsp3) is 0.308. The Hall–Kier alpha value is -2.17. The smallest absolute Gasteiger partial charge is 0.228 e. The minimum atomic E-state index is -0.0701. The molecule has 0 bridgehead atoms. The molecule has 1 heterocycles. The van der Waals surface area contributed by atoms with Crippen molar-refractivity contribution < 1.29 is 19.0 Å². The van der Waals surface area contributed by atoms with E-state index in [0.717, 1.165) is 11.1 Å². The van der Waals surface area contributed by atoms with Crippen molar-refractivity contribution in [2.75, 3.05) is 21.3 Å². The molecule has 2 rings (SSSR count). The van der Waals surface area contributed by atoms with Gasteiger partial charge in [-0.3, -0.25) is 4.79 Å². The first-order valence-corrected chi connectivity index (χ1v) is 5.49. The van der Waals surface area contributed by atoms with Crippen molar-refractivity contribution in [2.24, 2.45) is 0 Å². The number of nitrogens with one attached hydrogen (secondary N) is 1. The summed E-state index contributed by atoms with van der Waals surface area (Å²) >= 11 is 0. The van der Waals surface area contributed by atoms with Crippen LogP contribution in [0.2, 0.25) is 0 Å². The number of benzene rings is 1. The fourth-order valence-electron chi connectivity index (χ4n) is 2.00. The molecule has 0 aliphatic carbocycles. The summed E-state index contributed by atoms with van der Waals surface area (Å²) in [6, 6.07) is 1.80. The largest absolute Gasteiger partial charge is 0.493 e. The van der Waals surface area contributed by atoms with Crippen LogP contribution in [0.15, 0.2) is 12.3 Å². The quantitative estimate of drug-likeness (QED) is 0.878. The van der Waals surface area contributed by atoms with Crippen LogP contribution in [0, 0.1) is 0 Å². The predicted octanol–water partition coefficient (Wildman–Crippen LogP) is 1.36. The summed E-state index contributed by atoms with van der Waals surface area (Å²) in [7, 11) is 4.67. The highest BCUT2D eigenvalue weighted by atomic mass is 16.5. The van der Waals surface area contributed by atoms with Crippen LogP contribution in [0.25, 0.3) is 6.08 Å². The third-order valence-electron chi connectivity index (χ3n) is 2.80. The SMILES string of the molecule is COc1cc2c(c(OC)c1OC)C=CNC(=O)C2. The standard InChI is InChI=1S/C13H15NO4/c1-16-10-6-8-7-11(15)14-5-4-9(8)12(17-2)13(10)18-3/h4-6H,7H2,1-3H3,(H,14,15). The summed E-state index contributed by atoms with van der Waals surface area (Å²) < 4.78 is 15.9. The van der Waals surface area contributed by atoms with Gasteiger partial charge in [0.15, 0.2) is 11.5 Å². The Labute approximate surface area is 105 Å². The van der Waals surface area contributed by atoms with E-state index in [1.54, 1.807) is 39.7 Å². The molecule has 1 aromatic carbocycles. The maximum atomic E-state index is 11.5. The van der Waals surface area contributed by atoms with Gasteiger partial charge in [-0.25, -0.2) is 0 Å². The van der Waals surface area contributed by atoms with Crippen LogP contribution in [-0.2, 0) is 11.2 Å². The number of ether oxygens (including phenoxy) is 3. The van der Waals surface area contributed by atoms with Crippen molar-refractivity contribution in [2.45, 2.75) is 6.42 Å². The highest BCUT2D eigenvalue weighted by molar-refractivity contribution is 5.85. The Bertz CT molecular complexity index is 508. The molecular formula is C13H15NO4. The van der Waals surface area contributed by atoms with Crippen LogP contribution in [-0.4, -0.2) is 27.2 Å². The van der Waals surface area contributed by atoms with Gasteiger partial charge in [-0.05, 0) is 17.7 Å². The van der Waals surface area contributed by atoms with E-state index < -0.39 is 0 Å². The Morgan fingerprint density at radius 1 is 1.11 bits per heavy atom. The first kappa shape index (κ1) is 12.3. The highest BCUT2D eigenvalue weighted by Crippen LogP contribution is 2.43. The Balaban J connectivity index is 2.67. The van der Waals surface area contributed by atoms with Gasteiger partial charge < -0.3 is 19.5 Å². The van der Waals surface area contributed by atoms with E-state index in [1.165, 1.54) is 0 Å². The number of carbonyl (C=O) groups is 1. The van der Waals surface area contributed by atoms with Crippen LogP contribution >= 0.6 is 0 Å². The predicted molar refractivity (Wildman–Crippen MR) is 67.0 cm³/mol. The maximum absolute atomic E-state index is 11.5. The minimum absolute atomic E-state index is 0.0701. The molecular weight excluding hydrogens is 234 g/mol. The molecule has 1 aliphatic rings. The van der Waals surface area contributed by atoms with Gasteiger partial charge in [0.1, 0.15) is 0 Å². The average Bonchev–Trinajstić information content (AvgIpc) is 2.56. The summed E-state index contributed by atoms with van der Waals surface area (Å²) in [5, 5.41) is 2.66. The molecule has 1 aliphatic heterocycles. The topological polar surface area (TPSA) is 56.8 Å². The number of carbonyl (C=O) groups excluding carboxylic acids is 1. The number of amides is 1. The normalized spacial score (nSPS) is 13.4. The lowest BCUT2D eigenvalue weighted by Crippen LogP contribution is -2.17. The van der Waals surface area contributed by atoms with E-state index in [-0.39, 0.29) is 12.3 Å². The number of methoxy groups -OCH3 is 3. The van der Waals surface area contributed by atoms with Crippen LogP contribution in [0.1, 0.15) is 11.1 Å². The van der Waals surface area contributed by atoms with Gasteiger partial charge >= 0.3 is 0 Å². The van der Waals surface area contributed by atoms with Crippen molar-refractivity contribution in [1.82, 2.24) is 5.32 Å². The van der Waals surface area contributed by atoms with Gasteiger partial charge in [0.25, 0.3) is 0 Å². The van der Waals surface area contributed by atoms with E-state index in [1.807, 2.05) is 0 Å². The van der Waals surface area contributed by atoms with Crippen LogP contribution < -0.4 is 19.5 Å². The third kappa shape index (κ3) is 1.99. The molecule has 0 spiro atoms. The van der Waals surface area contributed by atoms with Gasteiger partial charge in [0, 0.05) is 11.8 Å². The maximum Gasteiger partial charge on any atom is 0.228 e. The van der Waals surface area contributed by atoms with E-state index >= 15 is 0 Å². The van der Waals surface area contributed by atoms with E-state index in [4.69, 9.17) is 14.2 Å². The molecule has 1 N–H and O–H groups in total. The molecule has 0 saturated carbocycles. The van der Waals surface area contributed by atoms with Crippen LogP contribution in [0.5, 0.6) is 17.2 Å². The van der Waals surface area contributed by atoms with Gasteiger partial charge in [0.2, 0.25) is 11.7 Å². The monoisotopic (exact) mass is 249 g/mol. The van der Waals surface area contributed by atoms with Crippen molar-refractivity contribution in [3.63, 3.8) is 0 Å². The van der Waals surface area contributed by atoms with Gasteiger partial charge in [-0.1, -0.05) is 0 Å². The summed E-state index contributed by atoms with van der Waals surface area (Å²) in [4.78, 5) is 11.5. The summed E-state index contributed by atoms with van der Waals surface area (Å²) in [5.74, 6) is 1.58. The molecule has 1 aromatic rings. The Morgan fingerprint density at radius 3 is 2.44 bits per heavy atom. The lowest BCUT2D eigenvalue weighted by molar-refractivity contribution is -0.119. The minimum Gasteiger partial charge on any atom is -0.493 e. The number of fused-ring (bicyclic) bond motifs is 1. The molecule has 5 heteroatoms. The van der Waals surface area contributed by atoms with Crippen molar-refractivity contribution in [1.29, 1.82) is 0 Å². The summed E-state index contributed by atoms with van der Waals surface area (Å²) in [6.07, 6.45) is 3.67. The summed E-state index contributed by atoms with van der Waals surface area (Å²) in [5.41, 5.74) is 1.67. The third-order valence-corrected chi connectivity index (χ3v) is 2.80. The lowest BCUT2D eigenvalue weighted by atomic mass is 10.0. The number of rotatable bonds is 3. The Kier molecular flexibility index (Phi) is 3.41. The molecule has 0 saturated heterocycles. The zero-order valence-corrected chi connectivity index (χ0v) is 10.6. The van der Waals surface area contributed by atoms with Crippen LogP contribution in [0.3, 0.4) is 0 Å². The molecule has 18 heavy (non-hydrogen) atoms. The first-order chi connectivity index (χ1) is 8.71. The van der Waals surface area contributed by atoms with E-state index in [2.05, 4.69) is 5.32 Å². The molecule has 5 nitrogen and oxygen atoms in total. The molecule has 1 amide bonds. The molecule has 96 valence electrons. The average molecular weight is 249 g/mol. The van der Waals surface area contributed by atoms with Crippen LogP contribution in [0.4, 0.5) is 0 Å². The lowest BCUT2D eigenvalue weighted by Gasteiger charge is -2.16. The van der Waals surface area contributed by atoms with Gasteiger partial charge in [-0.2, -0.15) is 0 Å². The van der Waals surface area contributed by atoms with Gasteiger partial charge in [-0.15, -0.1) is 0 Å². The van der Waals surface area contributed by atoms with Crippen molar-refractivity contribution in [3.8, 4) is 17.2 Å². The molecule has 0 radical (unpaired) electrons. The molecule has 0 aromatic heterocycles. The first-order valence-electron chi connectivity index (χ1n) is 5.49. The zero-order valence-electron chi connectivity index (χ0n) is 10.6. The second kappa shape index (κ2) is 5.00. The number of hydrogen-bond donors (Lipinski definition) is 1. The fourth-order valence-corrected chi connectivity index (χ4v) is 2.00. The molecule has 0 unspecified atom stereocenters. The van der Waals surface area contributed by atoms with Gasteiger partial charge in [0.05, 0.1) is 27.8 Å². The zero-order chi connectivity index (χ0) is 13.1. The van der Waals surface area contributed by atoms with Crippen molar-refractivity contribution in [3.05, 3.63) is 23.4 Å². The van der Waals surface area contributed by atoms with E-state index in [9.17, 15) is 4.79 Å². The Morgan fingerprint density at radius 2 is 1.83 bits per heavy atom. The second-order valence-electron chi connectivity index (χ2n) is 3.80.